The molecule has 0 aliphatic heterocycles. The summed E-state index contributed by atoms with van der Waals surface area (Å²) in [6, 6.07) is 21.3. The van der Waals surface area contributed by atoms with E-state index >= 15 is 0 Å². The van der Waals surface area contributed by atoms with Gasteiger partial charge in [0, 0.05) is 19.7 Å². The summed E-state index contributed by atoms with van der Waals surface area (Å²) < 4.78 is 5.72. The Labute approximate surface area is 122 Å². The molecule has 2 nitrogen and oxygen atoms in total. The van der Waals surface area contributed by atoms with Crippen LogP contribution >= 0.6 is 0 Å². The van der Waals surface area contributed by atoms with Crippen molar-refractivity contribution < 1.29 is 4.74 Å². The maximum Gasteiger partial charge on any atom is 0.0973 e. The Bertz CT molecular complexity index is 497. The molecule has 106 valence electrons. The highest BCUT2D eigenvalue weighted by Gasteiger charge is 2.22. The Morgan fingerprint density at radius 1 is 0.950 bits per heavy atom. The molecule has 0 amide bonds. The van der Waals surface area contributed by atoms with Gasteiger partial charge in [0.25, 0.3) is 0 Å². The van der Waals surface area contributed by atoms with Gasteiger partial charge < -0.3 is 4.74 Å². The molecule has 2 heteroatoms. The lowest BCUT2D eigenvalue weighted by Gasteiger charge is -2.31. The van der Waals surface area contributed by atoms with E-state index in [-0.39, 0.29) is 6.10 Å². The minimum atomic E-state index is 0.0879. The fraction of sp³-hybridized carbons (Fsp3) is 0.333. The van der Waals surface area contributed by atoms with Crippen LogP contribution in [0.15, 0.2) is 60.7 Å². The molecule has 2 rings (SSSR count). The lowest BCUT2D eigenvalue weighted by atomic mass is 10.0. The number of ether oxygens (including phenoxy) is 1. The van der Waals surface area contributed by atoms with Gasteiger partial charge >= 0.3 is 0 Å². The van der Waals surface area contributed by atoms with Gasteiger partial charge in [0.1, 0.15) is 0 Å². The molecule has 2 aromatic carbocycles. The number of likely N-dealkylation sites (N-methyl/N-ethyl adjacent to an activating group) is 1. The minimum absolute atomic E-state index is 0.0879. The second-order valence-corrected chi connectivity index (χ2v) is 5.21. The zero-order valence-electron chi connectivity index (χ0n) is 12.5. The Kier molecular flexibility index (Phi) is 5.33. The topological polar surface area (TPSA) is 12.5 Å². The first-order chi connectivity index (χ1) is 9.72. The van der Waals surface area contributed by atoms with Crippen LogP contribution < -0.4 is 0 Å². The van der Waals surface area contributed by atoms with Crippen molar-refractivity contribution in [3.8, 4) is 0 Å². The lowest BCUT2D eigenvalue weighted by Crippen LogP contribution is -2.34. The lowest BCUT2D eigenvalue weighted by molar-refractivity contribution is 0.0273. The SMILES string of the molecule is CO[C@@H](c1ccccc1)[C@H](C)N(C)Cc1ccccc1. The van der Waals surface area contributed by atoms with Gasteiger partial charge in [0.2, 0.25) is 0 Å². The number of hydrogen-bond acceptors (Lipinski definition) is 2. The van der Waals surface area contributed by atoms with Crippen molar-refractivity contribution in [2.24, 2.45) is 0 Å². The summed E-state index contributed by atoms with van der Waals surface area (Å²) in [6.45, 7) is 3.14. The molecule has 0 saturated heterocycles. The molecule has 0 unspecified atom stereocenters. The van der Waals surface area contributed by atoms with Crippen molar-refractivity contribution >= 4 is 0 Å². The Balaban J connectivity index is 2.06. The largest absolute Gasteiger partial charge is 0.375 e. The van der Waals surface area contributed by atoms with Crippen molar-refractivity contribution in [1.82, 2.24) is 4.90 Å². The van der Waals surface area contributed by atoms with Crippen molar-refractivity contribution in [3.05, 3.63) is 71.8 Å². The van der Waals surface area contributed by atoms with Gasteiger partial charge in [-0.15, -0.1) is 0 Å². The molecule has 0 aromatic heterocycles. The van der Waals surface area contributed by atoms with Gasteiger partial charge in [0.15, 0.2) is 0 Å². The third-order valence-corrected chi connectivity index (χ3v) is 3.79. The first kappa shape index (κ1) is 14.8. The summed E-state index contributed by atoms with van der Waals surface area (Å²) in [6.07, 6.45) is 0.0879. The Hall–Kier alpha value is -1.64. The summed E-state index contributed by atoms with van der Waals surface area (Å²) in [5.41, 5.74) is 2.55. The first-order valence-corrected chi connectivity index (χ1v) is 7.04. The third kappa shape index (κ3) is 3.69. The molecule has 0 N–H and O–H groups in total. The fourth-order valence-corrected chi connectivity index (χ4v) is 2.50. The number of methoxy groups -OCH3 is 1. The van der Waals surface area contributed by atoms with Crippen LogP contribution in [0.2, 0.25) is 0 Å². The molecular formula is C18H23NO. The van der Waals surface area contributed by atoms with Crippen molar-refractivity contribution in [3.63, 3.8) is 0 Å². The molecule has 0 aliphatic rings. The van der Waals surface area contributed by atoms with Gasteiger partial charge in [-0.1, -0.05) is 60.7 Å². The Morgan fingerprint density at radius 2 is 1.50 bits per heavy atom. The van der Waals surface area contributed by atoms with E-state index in [9.17, 15) is 0 Å². The number of hydrogen-bond donors (Lipinski definition) is 0. The standard InChI is InChI=1S/C18H23NO/c1-15(18(20-3)17-12-8-5-9-13-17)19(2)14-16-10-6-4-7-11-16/h4-13,15,18H,14H2,1-3H3/t15-,18+/m0/s1. The average Bonchev–Trinajstić information content (AvgIpc) is 2.50. The van der Waals surface area contributed by atoms with Crippen LogP contribution in [0.3, 0.4) is 0 Å². The van der Waals surface area contributed by atoms with Gasteiger partial charge in [-0.2, -0.15) is 0 Å². The van der Waals surface area contributed by atoms with Gasteiger partial charge in [-0.3, -0.25) is 4.90 Å². The highest BCUT2D eigenvalue weighted by Crippen LogP contribution is 2.24. The van der Waals surface area contributed by atoms with Crippen LogP contribution in [0.5, 0.6) is 0 Å². The molecule has 0 fully saturated rings. The van der Waals surface area contributed by atoms with E-state index in [1.165, 1.54) is 11.1 Å². The van der Waals surface area contributed by atoms with E-state index in [2.05, 4.69) is 73.5 Å². The van der Waals surface area contributed by atoms with E-state index < -0.39 is 0 Å². The second kappa shape index (κ2) is 7.22. The molecule has 0 heterocycles. The zero-order valence-corrected chi connectivity index (χ0v) is 12.5. The molecule has 2 atom stereocenters. The molecule has 0 spiro atoms. The van der Waals surface area contributed by atoms with E-state index in [0.717, 1.165) is 6.54 Å². The molecule has 0 aliphatic carbocycles. The van der Waals surface area contributed by atoms with Crippen molar-refractivity contribution in [2.45, 2.75) is 25.6 Å². The predicted molar refractivity (Wildman–Crippen MR) is 83.6 cm³/mol. The highest BCUT2D eigenvalue weighted by atomic mass is 16.5. The van der Waals surface area contributed by atoms with Gasteiger partial charge in [0.05, 0.1) is 6.10 Å². The van der Waals surface area contributed by atoms with Gasteiger partial charge in [-0.25, -0.2) is 0 Å². The third-order valence-electron chi connectivity index (χ3n) is 3.79. The first-order valence-electron chi connectivity index (χ1n) is 7.04. The summed E-state index contributed by atoms with van der Waals surface area (Å²) >= 11 is 0. The maximum atomic E-state index is 5.72. The zero-order chi connectivity index (χ0) is 14.4. The monoisotopic (exact) mass is 269 g/mol. The smallest absolute Gasteiger partial charge is 0.0973 e. The van der Waals surface area contributed by atoms with Crippen molar-refractivity contribution in [2.75, 3.05) is 14.2 Å². The molecule has 0 saturated carbocycles. The summed E-state index contributed by atoms with van der Waals surface area (Å²) in [5.74, 6) is 0. The number of rotatable bonds is 6. The normalized spacial score (nSPS) is 14.2. The quantitative estimate of drug-likeness (QED) is 0.788. The van der Waals surface area contributed by atoms with Crippen LogP contribution in [-0.2, 0) is 11.3 Å². The van der Waals surface area contributed by atoms with E-state index in [0.29, 0.717) is 6.04 Å². The predicted octanol–water partition coefficient (Wildman–Crippen LogP) is 3.89. The highest BCUT2D eigenvalue weighted by molar-refractivity contribution is 5.19. The van der Waals surface area contributed by atoms with Crippen LogP contribution in [-0.4, -0.2) is 25.1 Å². The van der Waals surface area contributed by atoms with Gasteiger partial charge in [-0.05, 0) is 25.1 Å². The molecular weight excluding hydrogens is 246 g/mol. The van der Waals surface area contributed by atoms with Crippen molar-refractivity contribution in [1.29, 1.82) is 0 Å². The minimum Gasteiger partial charge on any atom is -0.375 e. The van der Waals surface area contributed by atoms with Crippen LogP contribution in [0.4, 0.5) is 0 Å². The number of nitrogens with zero attached hydrogens (tertiary/aromatic N) is 1. The molecule has 0 radical (unpaired) electrons. The van der Waals surface area contributed by atoms with Crippen LogP contribution in [0, 0.1) is 0 Å². The average molecular weight is 269 g/mol. The molecule has 2 aromatic rings. The summed E-state index contributed by atoms with van der Waals surface area (Å²) in [7, 11) is 3.93. The fourth-order valence-electron chi connectivity index (χ4n) is 2.50. The molecule has 20 heavy (non-hydrogen) atoms. The summed E-state index contributed by atoms with van der Waals surface area (Å²) in [5, 5.41) is 0. The number of benzene rings is 2. The Morgan fingerprint density at radius 3 is 2.05 bits per heavy atom. The van der Waals surface area contributed by atoms with E-state index in [1.54, 1.807) is 7.11 Å². The van der Waals surface area contributed by atoms with Crippen LogP contribution in [0.25, 0.3) is 0 Å². The maximum absolute atomic E-state index is 5.72. The second-order valence-electron chi connectivity index (χ2n) is 5.21. The summed E-state index contributed by atoms with van der Waals surface area (Å²) in [4.78, 5) is 2.33. The molecule has 0 bridgehead atoms. The van der Waals surface area contributed by atoms with E-state index in [4.69, 9.17) is 4.74 Å². The van der Waals surface area contributed by atoms with E-state index in [1.807, 2.05) is 6.07 Å². The van der Waals surface area contributed by atoms with Crippen LogP contribution in [0.1, 0.15) is 24.2 Å².